The lowest BCUT2D eigenvalue weighted by Gasteiger charge is -2.32. The number of ether oxygens (including phenoxy) is 1. The number of hydrogen-bond acceptors (Lipinski definition) is 3. The normalized spacial score (nSPS) is 17.1. The van der Waals surface area contributed by atoms with Gasteiger partial charge in [-0.05, 0) is 56.6 Å². The van der Waals surface area contributed by atoms with Crippen LogP contribution in [0.4, 0.5) is 0 Å². The van der Waals surface area contributed by atoms with Gasteiger partial charge in [0.2, 0.25) is 0 Å². The van der Waals surface area contributed by atoms with Crippen LogP contribution in [0, 0.1) is 0 Å². The van der Waals surface area contributed by atoms with Crippen molar-refractivity contribution in [1.29, 1.82) is 0 Å². The lowest BCUT2D eigenvalue weighted by Crippen LogP contribution is -2.44. The summed E-state index contributed by atoms with van der Waals surface area (Å²) in [6.07, 6.45) is 3.34. The van der Waals surface area contributed by atoms with E-state index >= 15 is 0 Å². The molecule has 0 atom stereocenters. The van der Waals surface area contributed by atoms with E-state index in [0.29, 0.717) is 0 Å². The molecule has 0 unspecified atom stereocenters. The molecule has 0 aromatic heterocycles. The summed E-state index contributed by atoms with van der Waals surface area (Å²) in [4.78, 5) is 4.98. The monoisotopic (exact) mass is 354 g/mol. The van der Waals surface area contributed by atoms with Crippen molar-refractivity contribution in [2.45, 2.75) is 26.2 Å². The highest BCUT2D eigenvalue weighted by atomic mass is 79.9. The maximum atomic E-state index is 5.86. The Morgan fingerprint density at radius 2 is 1.95 bits per heavy atom. The maximum absolute atomic E-state index is 5.86. The summed E-state index contributed by atoms with van der Waals surface area (Å²) in [5.74, 6) is 1.05. The predicted molar refractivity (Wildman–Crippen MR) is 92.2 cm³/mol. The van der Waals surface area contributed by atoms with Crippen LogP contribution in [0.1, 0.15) is 25.3 Å². The molecule has 0 aliphatic carbocycles. The first-order chi connectivity index (χ1) is 10.2. The number of benzene rings is 1. The SMILES string of the molecule is CCCOc1ccc(Br)cc1CCCN1CCN(C)CC1. The van der Waals surface area contributed by atoms with Gasteiger partial charge in [-0.25, -0.2) is 0 Å². The Bertz CT molecular complexity index is 431. The van der Waals surface area contributed by atoms with E-state index in [2.05, 4.69) is 57.9 Å². The predicted octanol–water partition coefficient (Wildman–Crippen LogP) is 3.42. The number of likely N-dealkylation sites (N-methyl/N-ethyl adjacent to an activating group) is 1. The van der Waals surface area contributed by atoms with E-state index in [4.69, 9.17) is 4.74 Å². The Morgan fingerprint density at radius 3 is 2.67 bits per heavy atom. The number of nitrogens with zero attached hydrogens (tertiary/aromatic N) is 2. The molecule has 0 amide bonds. The van der Waals surface area contributed by atoms with Gasteiger partial charge in [-0.15, -0.1) is 0 Å². The molecular weight excluding hydrogens is 328 g/mol. The molecule has 0 bridgehead atoms. The van der Waals surface area contributed by atoms with Crippen molar-refractivity contribution in [3.63, 3.8) is 0 Å². The number of aryl methyl sites for hydroxylation is 1. The molecule has 2 rings (SSSR count). The fourth-order valence-corrected chi connectivity index (χ4v) is 3.07. The number of rotatable bonds is 7. The van der Waals surface area contributed by atoms with Crippen molar-refractivity contribution in [2.24, 2.45) is 0 Å². The van der Waals surface area contributed by atoms with Crippen LogP contribution in [0.25, 0.3) is 0 Å². The third-order valence-electron chi connectivity index (χ3n) is 4.00. The Balaban J connectivity index is 1.82. The summed E-state index contributed by atoms with van der Waals surface area (Å²) >= 11 is 3.57. The van der Waals surface area contributed by atoms with Crippen molar-refractivity contribution in [3.8, 4) is 5.75 Å². The first-order valence-corrected chi connectivity index (χ1v) is 8.80. The highest BCUT2D eigenvalue weighted by molar-refractivity contribution is 9.10. The molecule has 21 heavy (non-hydrogen) atoms. The molecule has 1 aromatic rings. The molecule has 1 saturated heterocycles. The van der Waals surface area contributed by atoms with Gasteiger partial charge in [-0.3, -0.25) is 0 Å². The molecular formula is C17H27BrN2O. The second kappa shape index (κ2) is 8.76. The zero-order valence-electron chi connectivity index (χ0n) is 13.3. The molecule has 0 radical (unpaired) electrons. The van der Waals surface area contributed by atoms with Crippen LogP contribution >= 0.6 is 15.9 Å². The minimum absolute atomic E-state index is 0.799. The topological polar surface area (TPSA) is 15.7 Å². The van der Waals surface area contributed by atoms with E-state index in [1.54, 1.807) is 0 Å². The maximum Gasteiger partial charge on any atom is 0.122 e. The van der Waals surface area contributed by atoms with Crippen molar-refractivity contribution in [3.05, 3.63) is 28.2 Å². The van der Waals surface area contributed by atoms with Gasteiger partial charge in [-0.2, -0.15) is 0 Å². The minimum atomic E-state index is 0.799. The molecule has 1 fully saturated rings. The summed E-state index contributed by atoms with van der Waals surface area (Å²) in [6.45, 7) is 8.93. The zero-order valence-corrected chi connectivity index (χ0v) is 14.9. The molecule has 1 aliphatic heterocycles. The third kappa shape index (κ3) is 5.61. The van der Waals surface area contributed by atoms with Crippen molar-refractivity contribution in [1.82, 2.24) is 9.80 Å². The van der Waals surface area contributed by atoms with E-state index in [1.165, 1.54) is 44.7 Å². The van der Waals surface area contributed by atoms with E-state index in [1.807, 2.05) is 0 Å². The molecule has 118 valence electrons. The molecule has 1 aromatic carbocycles. The second-order valence-electron chi connectivity index (χ2n) is 5.85. The number of hydrogen-bond donors (Lipinski definition) is 0. The molecule has 0 spiro atoms. The van der Waals surface area contributed by atoms with Gasteiger partial charge in [-0.1, -0.05) is 22.9 Å². The first-order valence-electron chi connectivity index (χ1n) is 8.01. The average molecular weight is 355 g/mol. The molecule has 4 heteroatoms. The zero-order chi connectivity index (χ0) is 15.1. The Hall–Kier alpha value is -0.580. The molecule has 3 nitrogen and oxygen atoms in total. The Kier molecular flexibility index (Phi) is 7.00. The summed E-state index contributed by atoms with van der Waals surface area (Å²) < 4.78 is 7.00. The summed E-state index contributed by atoms with van der Waals surface area (Å²) in [5.41, 5.74) is 1.33. The largest absolute Gasteiger partial charge is 0.493 e. The van der Waals surface area contributed by atoms with Gasteiger partial charge in [0.25, 0.3) is 0 Å². The average Bonchev–Trinajstić information content (AvgIpc) is 2.48. The van der Waals surface area contributed by atoms with Gasteiger partial charge in [0.1, 0.15) is 5.75 Å². The second-order valence-corrected chi connectivity index (χ2v) is 6.76. The fraction of sp³-hybridized carbons (Fsp3) is 0.647. The lowest BCUT2D eigenvalue weighted by atomic mass is 10.1. The van der Waals surface area contributed by atoms with Crippen molar-refractivity contribution < 1.29 is 4.74 Å². The third-order valence-corrected chi connectivity index (χ3v) is 4.49. The van der Waals surface area contributed by atoms with Crippen LogP contribution in [-0.2, 0) is 6.42 Å². The van der Waals surface area contributed by atoms with Gasteiger partial charge in [0.15, 0.2) is 0 Å². The summed E-state index contributed by atoms with van der Waals surface area (Å²) in [5, 5.41) is 0. The van der Waals surface area contributed by atoms with Gasteiger partial charge < -0.3 is 14.5 Å². The smallest absolute Gasteiger partial charge is 0.122 e. The summed E-state index contributed by atoms with van der Waals surface area (Å²) in [7, 11) is 2.20. The number of piperazine rings is 1. The van der Waals surface area contributed by atoms with Crippen LogP contribution < -0.4 is 4.74 Å². The standard InChI is InChI=1S/C17H27BrN2O/c1-3-13-21-17-7-6-16(18)14-15(17)5-4-8-20-11-9-19(2)10-12-20/h6-7,14H,3-5,8-13H2,1-2H3. The van der Waals surface area contributed by atoms with E-state index in [0.717, 1.165) is 29.7 Å². The first kappa shape index (κ1) is 16.8. The highest BCUT2D eigenvalue weighted by Gasteiger charge is 2.13. The fourth-order valence-electron chi connectivity index (χ4n) is 2.66. The van der Waals surface area contributed by atoms with Crippen LogP contribution in [0.2, 0.25) is 0 Å². The lowest BCUT2D eigenvalue weighted by molar-refractivity contribution is 0.153. The van der Waals surface area contributed by atoms with E-state index in [-0.39, 0.29) is 0 Å². The van der Waals surface area contributed by atoms with Crippen LogP contribution in [0.3, 0.4) is 0 Å². The molecule has 0 saturated carbocycles. The van der Waals surface area contributed by atoms with E-state index < -0.39 is 0 Å². The van der Waals surface area contributed by atoms with Gasteiger partial charge in [0.05, 0.1) is 6.61 Å². The Morgan fingerprint density at radius 1 is 1.19 bits per heavy atom. The van der Waals surface area contributed by atoms with Crippen LogP contribution in [0.5, 0.6) is 5.75 Å². The Labute approximate surface area is 137 Å². The van der Waals surface area contributed by atoms with Gasteiger partial charge in [0, 0.05) is 30.7 Å². The van der Waals surface area contributed by atoms with Crippen LogP contribution in [-0.4, -0.2) is 56.2 Å². The van der Waals surface area contributed by atoms with E-state index in [9.17, 15) is 0 Å². The highest BCUT2D eigenvalue weighted by Crippen LogP contribution is 2.25. The quantitative estimate of drug-likeness (QED) is 0.746. The minimum Gasteiger partial charge on any atom is -0.493 e. The number of halogens is 1. The van der Waals surface area contributed by atoms with Crippen molar-refractivity contribution >= 4 is 15.9 Å². The van der Waals surface area contributed by atoms with Gasteiger partial charge >= 0.3 is 0 Å². The molecule has 1 heterocycles. The van der Waals surface area contributed by atoms with Crippen LogP contribution in [0.15, 0.2) is 22.7 Å². The molecule has 1 aliphatic rings. The summed E-state index contributed by atoms with van der Waals surface area (Å²) in [6, 6.07) is 6.36. The van der Waals surface area contributed by atoms with Crippen molar-refractivity contribution in [2.75, 3.05) is 46.4 Å². The molecule has 0 N–H and O–H groups in total.